The van der Waals surface area contributed by atoms with Gasteiger partial charge in [-0.05, 0) is 31.0 Å². The molecule has 0 atom stereocenters. The SMILES string of the molecule is NC1CCN(c2cccc(S(=O)(=O)C(F)(F)F)c2)CC1. The lowest BCUT2D eigenvalue weighted by Gasteiger charge is -2.32. The quantitative estimate of drug-likeness (QED) is 0.906. The van der Waals surface area contributed by atoms with Gasteiger partial charge in [-0.2, -0.15) is 13.2 Å². The Kier molecular flexibility index (Phi) is 3.97. The van der Waals surface area contributed by atoms with Crippen LogP contribution in [0, 0.1) is 0 Å². The van der Waals surface area contributed by atoms with Crippen LogP contribution < -0.4 is 10.6 Å². The Morgan fingerprint density at radius 3 is 2.35 bits per heavy atom. The van der Waals surface area contributed by atoms with E-state index in [0.29, 0.717) is 18.8 Å². The fraction of sp³-hybridized carbons (Fsp3) is 0.500. The van der Waals surface area contributed by atoms with Crippen molar-refractivity contribution in [3.8, 4) is 0 Å². The van der Waals surface area contributed by atoms with Crippen molar-refractivity contribution in [2.75, 3.05) is 18.0 Å². The molecular weight excluding hydrogens is 293 g/mol. The maximum absolute atomic E-state index is 12.5. The lowest BCUT2D eigenvalue weighted by atomic mass is 10.1. The van der Waals surface area contributed by atoms with E-state index in [1.807, 2.05) is 4.90 Å². The van der Waals surface area contributed by atoms with Crippen molar-refractivity contribution in [2.45, 2.75) is 29.3 Å². The predicted octanol–water partition coefficient (Wildman–Crippen LogP) is 1.91. The molecule has 0 spiro atoms. The summed E-state index contributed by atoms with van der Waals surface area (Å²) in [5, 5.41) is 0. The van der Waals surface area contributed by atoms with E-state index in [0.717, 1.165) is 25.0 Å². The van der Waals surface area contributed by atoms with E-state index < -0.39 is 20.2 Å². The Balaban J connectivity index is 2.29. The van der Waals surface area contributed by atoms with E-state index in [9.17, 15) is 21.6 Å². The van der Waals surface area contributed by atoms with Crippen molar-refractivity contribution in [3.05, 3.63) is 24.3 Å². The first-order chi connectivity index (χ1) is 9.22. The summed E-state index contributed by atoms with van der Waals surface area (Å²) in [5.41, 5.74) is 0.952. The summed E-state index contributed by atoms with van der Waals surface area (Å²) in [7, 11) is -5.30. The molecule has 0 aromatic heterocycles. The molecule has 1 aliphatic rings. The van der Waals surface area contributed by atoms with E-state index in [4.69, 9.17) is 5.73 Å². The molecule has 4 nitrogen and oxygen atoms in total. The van der Waals surface area contributed by atoms with Crippen molar-refractivity contribution in [3.63, 3.8) is 0 Å². The molecule has 0 aliphatic carbocycles. The van der Waals surface area contributed by atoms with Crippen molar-refractivity contribution >= 4 is 15.5 Å². The van der Waals surface area contributed by atoms with Crippen LogP contribution in [0.3, 0.4) is 0 Å². The number of nitrogens with zero attached hydrogens (tertiary/aromatic N) is 1. The third-order valence-corrected chi connectivity index (χ3v) is 4.82. The summed E-state index contributed by atoms with van der Waals surface area (Å²) in [6, 6.07) is 5.05. The smallest absolute Gasteiger partial charge is 0.371 e. The first-order valence-electron chi connectivity index (χ1n) is 6.14. The van der Waals surface area contributed by atoms with Gasteiger partial charge >= 0.3 is 5.51 Å². The average Bonchev–Trinajstić information content (AvgIpc) is 2.38. The van der Waals surface area contributed by atoms with Gasteiger partial charge in [-0.15, -0.1) is 0 Å². The number of hydrogen-bond donors (Lipinski definition) is 1. The molecule has 1 aliphatic heterocycles. The van der Waals surface area contributed by atoms with Gasteiger partial charge in [-0.1, -0.05) is 6.07 Å². The van der Waals surface area contributed by atoms with E-state index >= 15 is 0 Å². The molecule has 1 aromatic rings. The zero-order valence-corrected chi connectivity index (χ0v) is 11.4. The summed E-state index contributed by atoms with van der Waals surface area (Å²) in [6.45, 7) is 1.22. The van der Waals surface area contributed by atoms with Gasteiger partial charge in [0.1, 0.15) is 0 Å². The van der Waals surface area contributed by atoms with Gasteiger partial charge in [-0.3, -0.25) is 0 Å². The fourth-order valence-corrected chi connectivity index (χ4v) is 2.94. The highest BCUT2D eigenvalue weighted by Gasteiger charge is 2.46. The molecule has 0 saturated carbocycles. The molecule has 8 heteroatoms. The third kappa shape index (κ3) is 2.90. The molecule has 1 aromatic carbocycles. The highest BCUT2D eigenvalue weighted by Crippen LogP contribution is 2.32. The van der Waals surface area contributed by atoms with Crippen LogP contribution in [-0.4, -0.2) is 33.1 Å². The topological polar surface area (TPSA) is 63.4 Å². The summed E-state index contributed by atoms with van der Waals surface area (Å²) >= 11 is 0. The molecule has 1 heterocycles. The normalized spacial score (nSPS) is 18.3. The monoisotopic (exact) mass is 308 g/mol. The predicted molar refractivity (Wildman–Crippen MR) is 69.1 cm³/mol. The van der Waals surface area contributed by atoms with Gasteiger partial charge in [0.2, 0.25) is 0 Å². The van der Waals surface area contributed by atoms with Crippen molar-refractivity contribution in [1.29, 1.82) is 0 Å². The second-order valence-corrected chi connectivity index (χ2v) is 6.71. The number of rotatable bonds is 2. The number of halogens is 3. The number of hydrogen-bond acceptors (Lipinski definition) is 4. The molecule has 0 unspecified atom stereocenters. The number of benzene rings is 1. The molecule has 1 saturated heterocycles. The Bertz CT molecular complexity index is 579. The van der Waals surface area contributed by atoms with E-state index in [1.54, 1.807) is 6.07 Å². The summed E-state index contributed by atoms with van der Waals surface area (Å²) in [5.74, 6) is 0. The van der Waals surface area contributed by atoms with Crippen molar-refractivity contribution in [1.82, 2.24) is 0 Å². The average molecular weight is 308 g/mol. The molecule has 2 N–H and O–H groups in total. The number of nitrogens with two attached hydrogens (primary N) is 1. The lowest BCUT2D eigenvalue weighted by Crippen LogP contribution is -2.39. The summed E-state index contributed by atoms with van der Waals surface area (Å²) < 4.78 is 60.3. The lowest BCUT2D eigenvalue weighted by molar-refractivity contribution is -0.0435. The van der Waals surface area contributed by atoms with E-state index in [1.165, 1.54) is 6.07 Å². The fourth-order valence-electron chi connectivity index (χ4n) is 2.14. The number of alkyl halides is 3. The van der Waals surface area contributed by atoms with Crippen molar-refractivity contribution in [2.24, 2.45) is 5.73 Å². The van der Waals surface area contributed by atoms with Crippen LogP contribution in [0.15, 0.2) is 29.2 Å². The van der Waals surface area contributed by atoms with Gasteiger partial charge in [0.25, 0.3) is 9.84 Å². The molecule has 2 rings (SSSR count). The maximum atomic E-state index is 12.5. The molecule has 0 amide bonds. The first-order valence-corrected chi connectivity index (χ1v) is 7.62. The van der Waals surface area contributed by atoms with Crippen molar-refractivity contribution < 1.29 is 21.6 Å². The second-order valence-electron chi connectivity index (χ2n) is 4.77. The zero-order chi connectivity index (χ0) is 15.0. The first kappa shape index (κ1) is 15.1. The van der Waals surface area contributed by atoms with Crippen LogP contribution in [-0.2, 0) is 9.84 Å². The van der Waals surface area contributed by atoms with Crippen LogP contribution in [0.5, 0.6) is 0 Å². The molecule has 0 radical (unpaired) electrons. The summed E-state index contributed by atoms with van der Waals surface area (Å²) in [4.78, 5) is 1.12. The minimum Gasteiger partial charge on any atom is -0.371 e. The van der Waals surface area contributed by atoms with Gasteiger partial charge in [-0.25, -0.2) is 8.42 Å². The minimum absolute atomic E-state index is 0.0911. The molecule has 0 bridgehead atoms. The van der Waals surface area contributed by atoms with Crippen LogP contribution >= 0.6 is 0 Å². The van der Waals surface area contributed by atoms with Crippen LogP contribution in [0.2, 0.25) is 0 Å². The van der Waals surface area contributed by atoms with Crippen LogP contribution in [0.25, 0.3) is 0 Å². The maximum Gasteiger partial charge on any atom is 0.501 e. The molecule has 112 valence electrons. The highest BCUT2D eigenvalue weighted by molar-refractivity contribution is 7.92. The van der Waals surface area contributed by atoms with E-state index in [2.05, 4.69) is 0 Å². The molecular formula is C12H15F3N2O2S. The second kappa shape index (κ2) is 5.25. The summed E-state index contributed by atoms with van der Waals surface area (Å²) in [6.07, 6.45) is 1.46. The van der Waals surface area contributed by atoms with Gasteiger partial charge in [0, 0.05) is 24.8 Å². The van der Waals surface area contributed by atoms with Crippen LogP contribution in [0.4, 0.5) is 18.9 Å². The third-order valence-electron chi connectivity index (χ3n) is 3.34. The number of anilines is 1. The highest BCUT2D eigenvalue weighted by atomic mass is 32.2. The Hall–Kier alpha value is -1.28. The molecule has 20 heavy (non-hydrogen) atoms. The Labute approximate surface area is 115 Å². The van der Waals surface area contributed by atoms with Crippen LogP contribution in [0.1, 0.15) is 12.8 Å². The standard InChI is InChI=1S/C12H15F3N2O2S/c13-12(14,15)20(18,19)11-3-1-2-10(8-11)17-6-4-9(16)5-7-17/h1-3,8-9H,4-7,16H2. The molecule has 1 fully saturated rings. The van der Waals surface area contributed by atoms with Gasteiger partial charge in [0.05, 0.1) is 4.90 Å². The Morgan fingerprint density at radius 1 is 1.20 bits per heavy atom. The van der Waals surface area contributed by atoms with Gasteiger partial charge < -0.3 is 10.6 Å². The number of piperidine rings is 1. The number of sulfone groups is 1. The zero-order valence-electron chi connectivity index (χ0n) is 10.6. The van der Waals surface area contributed by atoms with E-state index in [-0.39, 0.29) is 6.04 Å². The largest absolute Gasteiger partial charge is 0.501 e. The minimum atomic E-state index is -5.30. The van der Waals surface area contributed by atoms with Gasteiger partial charge in [0.15, 0.2) is 0 Å². The Morgan fingerprint density at radius 2 is 1.80 bits per heavy atom.